The first-order chi connectivity index (χ1) is 8.50. The Bertz CT molecular complexity index is 513. The Morgan fingerprint density at radius 1 is 1.32 bits per heavy atom. The summed E-state index contributed by atoms with van der Waals surface area (Å²) in [4.78, 5) is -0.907. The van der Waals surface area contributed by atoms with Gasteiger partial charge in [0.2, 0.25) is 10.0 Å². The van der Waals surface area contributed by atoms with Crippen molar-refractivity contribution in [1.82, 2.24) is 10.0 Å². The van der Waals surface area contributed by atoms with Crippen LogP contribution in [-0.2, 0) is 10.0 Å². The summed E-state index contributed by atoms with van der Waals surface area (Å²) in [6, 6.07) is 2.98. The molecule has 0 spiro atoms. The quantitative estimate of drug-likeness (QED) is 0.880. The van der Waals surface area contributed by atoms with Gasteiger partial charge in [-0.15, -0.1) is 12.4 Å². The second-order valence-corrected chi connectivity index (χ2v) is 5.97. The molecule has 1 aliphatic rings. The molecule has 0 aromatic heterocycles. The topological polar surface area (TPSA) is 58.2 Å². The van der Waals surface area contributed by atoms with Crippen LogP contribution in [0.4, 0.5) is 8.78 Å². The van der Waals surface area contributed by atoms with Crippen molar-refractivity contribution in [3.05, 3.63) is 29.8 Å². The van der Waals surface area contributed by atoms with Gasteiger partial charge in [0.1, 0.15) is 11.6 Å². The Morgan fingerprint density at radius 2 is 1.95 bits per heavy atom. The van der Waals surface area contributed by atoms with E-state index in [1.165, 1.54) is 0 Å². The molecule has 1 aromatic carbocycles. The van der Waals surface area contributed by atoms with Crippen molar-refractivity contribution >= 4 is 22.4 Å². The highest BCUT2D eigenvalue weighted by atomic mass is 35.5. The molecule has 1 unspecified atom stereocenters. The summed E-state index contributed by atoms with van der Waals surface area (Å²) in [5, 5.41) is 3.09. The van der Waals surface area contributed by atoms with Crippen molar-refractivity contribution in [3.63, 3.8) is 0 Å². The predicted molar refractivity (Wildman–Crippen MR) is 69.8 cm³/mol. The highest BCUT2D eigenvalue weighted by Crippen LogP contribution is 2.18. The zero-order chi connectivity index (χ0) is 13.2. The van der Waals surface area contributed by atoms with Gasteiger partial charge in [0.15, 0.2) is 4.90 Å². The number of rotatable bonds is 4. The first-order valence-corrected chi connectivity index (χ1v) is 7.13. The van der Waals surface area contributed by atoms with Crippen molar-refractivity contribution in [2.45, 2.75) is 11.3 Å². The van der Waals surface area contributed by atoms with Gasteiger partial charge in [0.25, 0.3) is 0 Å². The molecule has 0 aliphatic carbocycles. The Kier molecular flexibility index (Phi) is 5.66. The van der Waals surface area contributed by atoms with Crippen molar-refractivity contribution in [1.29, 1.82) is 0 Å². The van der Waals surface area contributed by atoms with Gasteiger partial charge < -0.3 is 5.32 Å². The lowest BCUT2D eigenvalue weighted by molar-refractivity contribution is 0.503. The summed E-state index contributed by atoms with van der Waals surface area (Å²) in [5.74, 6) is -1.99. The van der Waals surface area contributed by atoms with E-state index in [2.05, 4.69) is 10.0 Å². The highest BCUT2D eigenvalue weighted by Gasteiger charge is 2.25. The molecule has 1 heterocycles. The lowest BCUT2D eigenvalue weighted by Crippen LogP contribution is -2.31. The minimum Gasteiger partial charge on any atom is -0.316 e. The summed E-state index contributed by atoms with van der Waals surface area (Å²) in [7, 11) is -4.14. The number of sulfonamides is 1. The van der Waals surface area contributed by atoms with Crippen LogP contribution in [0.15, 0.2) is 23.1 Å². The van der Waals surface area contributed by atoms with E-state index in [4.69, 9.17) is 0 Å². The van der Waals surface area contributed by atoms with E-state index in [-0.39, 0.29) is 24.9 Å². The minimum atomic E-state index is -4.14. The molecular formula is C11H15ClF2N2O2S. The van der Waals surface area contributed by atoms with Crippen LogP contribution >= 0.6 is 12.4 Å². The van der Waals surface area contributed by atoms with Gasteiger partial charge in [0, 0.05) is 6.54 Å². The molecule has 19 heavy (non-hydrogen) atoms. The smallest absolute Gasteiger partial charge is 0.246 e. The zero-order valence-corrected chi connectivity index (χ0v) is 11.7. The zero-order valence-electron chi connectivity index (χ0n) is 10.0. The molecule has 1 saturated heterocycles. The highest BCUT2D eigenvalue weighted by molar-refractivity contribution is 7.89. The fourth-order valence-electron chi connectivity index (χ4n) is 1.93. The van der Waals surface area contributed by atoms with E-state index in [1.54, 1.807) is 0 Å². The minimum absolute atomic E-state index is 0. The van der Waals surface area contributed by atoms with Crippen molar-refractivity contribution in [2.24, 2.45) is 5.92 Å². The number of benzene rings is 1. The lowest BCUT2D eigenvalue weighted by Gasteiger charge is -2.11. The molecule has 0 saturated carbocycles. The van der Waals surface area contributed by atoms with E-state index >= 15 is 0 Å². The van der Waals surface area contributed by atoms with Crippen LogP contribution in [-0.4, -0.2) is 28.1 Å². The summed E-state index contributed by atoms with van der Waals surface area (Å²) in [6.45, 7) is 1.73. The van der Waals surface area contributed by atoms with Gasteiger partial charge >= 0.3 is 0 Å². The Hall–Kier alpha value is -0.760. The van der Waals surface area contributed by atoms with Crippen molar-refractivity contribution in [2.75, 3.05) is 19.6 Å². The van der Waals surface area contributed by atoms with Crippen molar-refractivity contribution in [3.8, 4) is 0 Å². The van der Waals surface area contributed by atoms with Crippen LogP contribution < -0.4 is 10.0 Å². The standard InChI is InChI=1S/C11H14F2N2O2S.ClH/c12-9-2-1-3-10(13)11(9)18(16,17)15-7-8-4-5-14-6-8;/h1-3,8,14-15H,4-7H2;1H. The van der Waals surface area contributed by atoms with E-state index in [9.17, 15) is 17.2 Å². The first kappa shape index (κ1) is 16.3. The summed E-state index contributed by atoms with van der Waals surface area (Å²) in [6.07, 6.45) is 0.849. The van der Waals surface area contributed by atoms with Gasteiger partial charge in [-0.05, 0) is 37.6 Å². The van der Waals surface area contributed by atoms with Gasteiger partial charge in [-0.3, -0.25) is 0 Å². The second kappa shape index (κ2) is 6.60. The van der Waals surface area contributed by atoms with Crippen LogP contribution in [0.5, 0.6) is 0 Å². The lowest BCUT2D eigenvalue weighted by atomic mass is 10.1. The molecule has 0 radical (unpaired) electrons. The number of hydrogen-bond donors (Lipinski definition) is 2. The van der Waals surface area contributed by atoms with E-state index < -0.39 is 26.6 Å². The largest absolute Gasteiger partial charge is 0.316 e. The molecular weight excluding hydrogens is 298 g/mol. The predicted octanol–water partition coefficient (Wildman–Crippen LogP) is 1.27. The molecule has 1 aromatic rings. The molecule has 2 rings (SSSR count). The van der Waals surface area contributed by atoms with Crippen LogP contribution in [0.2, 0.25) is 0 Å². The monoisotopic (exact) mass is 312 g/mol. The summed E-state index contributed by atoms with van der Waals surface area (Å²) < 4.78 is 52.6. The third kappa shape index (κ3) is 3.85. The second-order valence-electron chi connectivity index (χ2n) is 4.26. The molecule has 1 aliphatic heterocycles. The fraction of sp³-hybridized carbons (Fsp3) is 0.455. The average molecular weight is 313 g/mol. The number of nitrogens with one attached hydrogen (secondary N) is 2. The van der Waals surface area contributed by atoms with Gasteiger partial charge in [-0.1, -0.05) is 6.07 Å². The molecule has 1 fully saturated rings. The van der Waals surface area contributed by atoms with Gasteiger partial charge in [0.05, 0.1) is 0 Å². The van der Waals surface area contributed by atoms with Crippen LogP contribution in [0, 0.1) is 17.6 Å². The molecule has 0 bridgehead atoms. The fourth-order valence-corrected chi connectivity index (χ4v) is 3.18. The summed E-state index contributed by atoms with van der Waals surface area (Å²) in [5.41, 5.74) is 0. The third-order valence-corrected chi connectivity index (χ3v) is 4.39. The molecule has 1 atom stereocenters. The molecule has 0 amide bonds. The normalized spacial score (nSPS) is 19.2. The Balaban J connectivity index is 0.00000180. The van der Waals surface area contributed by atoms with Gasteiger partial charge in [-0.2, -0.15) is 0 Å². The number of hydrogen-bond acceptors (Lipinski definition) is 3. The van der Waals surface area contributed by atoms with Crippen LogP contribution in [0.3, 0.4) is 0 Å². The Labute approximate surface area is 117 Å². The average Bonchev–Trinajstić information content (AvgIpc) is 2.78. The van der Waals surface area contributed by atoms with E-state index in [0.717, 1.165) is 31.2 Å². The summed E-state index contributed by atoms with van der Waals surface area (Å²) >= 11 is 0. The third-order valence-electron chi connectivity index (χ3n) is 2.91. The number of halogens is 3. The Morgan fingerprint density at radius 3 is 2.47 bits per heavy atom. The van der Waals surface area contributed by atoms with Crippen LogP contribution in [0.25, 0.3) is 0 Å². The SMILES string of the molecule is Cl.O=S(=O)(NCC1CCNC1)c1c(F)cccc1F. The molecule has 8 heteroatoms. The maximum atomic E-state index is 13.4. The van der Waals surface area contributed by atoms with Crippen LogP contribution in [0.1, 0.15) is 6.42 Å². The van der Waals surface area contributed by atoms with E-state index in [0.29, 0.717) is 6.54 Å². The molecule has 2 N–H and O–H groups in total. The van der Waals surface area contributed by atoms with E-state index in [1.807, 2.05) is 0 Å². The first-order valence-electron chi connectivity index (χ1n) is 5.65. The van der Waals surface area contributed by atoms with Crippen molar-refractivity contribution < 1.29 is 17.2 Å². The maximum Gasteiger partial charge on any atom is 0.246 e. The van der Waals surface area contributed by atoms with Gasteiger partial charge in [-0.25, -0.2) is 21.9 Å². The maximum absolute atomic E-state index is 13.4. The molecule has 4 nitrogen and oxygen atoms in total. The molecule has 108 valence electrons.